The lowest BCUT2D eigenvalue weighted by Crippen LogP contribution is -2.18. The highest BCUT2D eigenvalue weighted by molar-refractivity contribution is 9.10. The van der Waals surface area contributed by atoms with Gasteiger partial charge in [-0.05, 0) is 42.0 Å². The summed E-state index contributed by atoms with van der Waals surface area (Å²) in [6.45, 7) is 7.61. The Morgan fingerprint density at radius 2 is 1.62 bits per heavy atom. The van der Waals surface area contributed by atoms with E-state index in [1.165, 1.54) is 16.7 Å². The number of halogens is 1. The largest absolute Gasteiger partial charge is 0.306 e. The summed E-state index contributed by atoms with van der Waals surface area (Å²) in [6, 6.07) is 17.7. The van der Waals surface area contributed by atoms with E-state index in [0.29, 0.717) is 12.0 Å². The van der Waals surface area contributed by atoms with Crippen LogP contribution in [-0.4, -0.2) is 0 Å². The molecule has 2 aromatic carbocycles. The molecule has 1 unspecified atom stereocenters. The minimum Gasteiger partial charge on any atom is -0.306 e. The number of hydrogen-bond donors (Lipinski definition) is 1. The molecule has 2 aromatic rings. The maximum atomic E-state index is 3.60. The molecule has 0 aromatic heterocycles. The minimum absolute atomic E-state index is 0.352. The summed E-state index contributed by atoms with van der Waals surface area (Å²) in [4.78, 5) is 0. The number of rotatable bonds is 6. The molecule has 0 aliphatic heterocycles. The van der Waals surface area contributed by atoms with Gasteiger partial charge in [-0.15, -0.1) is 0 Å². The van der Waals surface area contributed by atoms with Crippen LogP contribution in [0.15, 0.2) is 53.0 Å². The van der Waals surface area contributed by atoms with Crippen LogP contribution in [0.25, 0.3) is 0 Å². The summed E-state index contributed by atoms with van der Waals surface area (Å²) in [7, 11) is 0. The zero-order valence-corrected chi connectivity index (χ0v) is 14.7. The van der Waals surface area contributed by atoms with Crippen molar-refractivity contribution in [2.45, 2.75) is 39.8 Å². The van der Waals surface area contributed by atoms with Crippen LogP contribution in [0.3, 0.4) is 0 Å². The Labute approximate surface area is 136 Å². The van der Waals surface area contributed by atoms with Crippen molar-refractivity contribution >= 4 is 15.9 Å². The van der Waals surface area contributed by atoms with E-state index in [-0.39, 0.29) is 0 Å². The van der Waals surface area contributed by atoms with E-state index in [9.17, 15) is 0 Å². The third kappa shape index (κ3) is 4.98. The van der Waals surface area contributed by atoms with E-state index >= 15 is 0 Å². The predicted molar refractivity (Wildman–Crippen MR) is 94.4 cm³/mol. The molecule has 2 heteroatoms. The number of nitrogens with one attached hydrogen (secondary N) is 1. The number of hydrogen-bond acceptors (Lipinski definition) is 1. The van der Waals surface area contributed by atoms with Crippen molar-refractivity contribution in [1.82, 2.24) is 5.32 Å². The quantitative estimate of drug-likeness (QED) is 0.728. The van der Waals surface area contributed by atoms with Gasteiger partial charge < -0.3 is 5.32 Å². The molecule has 112 valence electrons. The van der Waals surface area contributed by atoms with Gasteiger partial charge in [0.15, 0.2) is 0 Å². The molecule has 0 fully saturated rings. The third-order valence-corrected chi connectivity index (χ3v) is 4.45. The van der Waals surface area contributed by atoms with E-state index in [1.807, 2.05) is 6.07 Å². The average Bonchev–Trinajstić information content (AvgIpc) is 2.46. The molecule has 0 spiro atoms. The normalized spacial score (nSPS) is 12.6. The zero-order valence-electron chi connectivity index (χ0n) is 13.1. The summed E-state index contributed by atoms with van der Waals surface area (Å²) in [5, 5.41) is 3.59. The fourth-order valence-corrected chi connectivity index (χ4v) is 2.86. The monoisotopic (exact) mass is 345 g/mol. The molecule has 0 bridgehead atoms. The molecule has 2 rings (SSSR count). The Morgan fingerprint density at radius 1 is 0.952 bits per heavy atom. The van der Waals surface area contributed by atoms with Gasteiger partial charge in [0.1, 0.15) is 0 Å². The molecule has 0 heterocycles. The van der Waals surface area contributed by atoms with Crippen molar-refractivity contribution in [2.75, 3.05) is 0 Å². The van der Waals surface area contributed by atoms with Crippen LogP contribution in [0.1, 0.15) is 43.5 Å². The van der Waals surface area contributed by atoms with Crippen molar-refractivity contribution < 1.29 is 0 Å². The summed E-state index contributed by atoms with van der Waals surface area (Å²) < 4.78 is 1.16. The van der Waals surface area contributed by atoms with Gasteiger partial charge in [-0.25, -0.2) is 0 Å². The molecule has 0 aliphatic carbocycles. The van der Waals surface area contributed by atoms with Gasteiger partial charge in [0.25, 0.3) is 0 Å². The molecule has 0 saturated heterocycles. The fourth-order valence-electron chi connectivity index (χ4n) is 2.44. The molecular weight excluding hydrogens is 322 g/mol. The second kappa shape index (κ2) is 7.77. The van der Waals surface area contributed by atoms with E-state index in [1.54, 1.807) is 0 Å². The summed E-state index contributed by atoms with van der Waals surface area (Å²) in [5.41, 5.74) is 4.06. The second-order valence-corrected chi connectivity index (χ2v) is 6.89. The van der Waals surface area contributed by atoms with Crippen LogP contribution in [0.4, 0.5) is 0 Å². The summed E-state index contributed by atoms with van der Waals surface area (Å²) >= 11 is 3.60. The first-order valence-corrected chi connectivity index (χ1v) is 8.41. The van der Waals surface area contributed by atoms with Gasteiger partial charge in [0, 0.05) is 17.1 Å². The molecule has 1 nitrogen and oxygen atoms in total. The third-order valence-electron chi connectivity index (χ3n) is 3.68. The van der Waals surface area contributed by atoms with Crippen LogP contribution in [0.5, 0.6) is 0 Å². The lowest BCUT2D eigenvalue weighted by Gasteiger charge is -2.16. The van der Waals surface area contributed by atoms with E-state index in [4.69, 9.17) is 0 Å². The predicted octanol–water partition coefficient (Wildman–Crippen LogP) is 5.50. The Hall–Kier alpha value is -1.12. The highest BCUT2D eigenvalue weighted by Gasteiger charge is 2.06. The second-order valence-electron chi connectivity index (χ2n) is 6.03. The zero-order chi connectivity index (χ0) is 15.2. The van der Waals surface area contributed by atoms with Gasteiger partial charge in [0.2, 0.25) is 0 Å². The first-order chi connectivity index (χ1) is 10.1. The fraction of sp³-hybridized carbons (Fsp3) is 0.368. The van der Waals surface area contributed by atoms with Crippen molar-refractivity contribution in [3.8, 4) is 0 Å². The lowest BCUT2D eigenvalue weighted by atomic mass is 10.00. The Kier molecular flexibility index (Phi) is 6.01. The Balaban J connectivity index is 1.94. The Bertz CT molecular complexity index is 560. The molecule has 1 atom stereocenters. The molecule has 0 amide bonds. The van der Waals surface area contributed by atoms with Gasteiger partial charge in [0.05, 0.1) is 0 Å². The van der Waals surface area contributed by atoms with Gasteiger partial charge in [-0.2, -0.15) is 0 Å². The highest BCUT2D eigenvalue weighted by atomic mass is 79.9. The van der Waals surface area contributed by atoms with Crippen molar-refractivity contribution in [3.05, 3.63) is 69.7 Å². The molecule has 0 aliphatic rings. The topological polar surface area (TPSA) is 12.0 Å². The first-order valence-electron chi connectivity index (χ1n) is 7.62. The van der Waals surface area contributed by atoms with E-state index in [0.717, 1.165) is 17.4 Å². The lowest BCUT2D eigenvalue weighted by molar-refractivity contribution is 0.573. The summed E-state index contributed by atoms with van der Waals surface area (Å²) in [5.74, 6) is 0.710. The molecular formula is C19H24BrN. The van der Waals surface area contributed by atoms with E-state index < -0.39 is 0 Å². The van der Waals surface area contributed by atoms with Gasteiger partial charge in [-0.3, -0.25) is 0 Å². The summed E-state index contributed by atoms with van der Waals surface area (Å²) in [6.07, 6.45) is 1.15. The minimum atomic E-state index is 0.352. The van der Waals surface area contributed by atoms with Crippen LogP contribution in [0, 0.1) is 5.92 Å². The van der Waals surface area contributed by atoms with Gasteiger partial charge >= 0.3 is 0 Å². The SMILES string of the molecule is CC(C)Cc1ccc(C(C)NCc2ccccc2Br)cc1. The maximum Gasteiger partial charge on any atom is 0.0294 e. The van der Waals surface area contributed by atoms with E-state index in [2.05, 4.69) is 84.5 Å². The smallest absolute Gasteiger partial charge is 0.0294 e. The van der Waals surface area contributed by atoms with Gasteiger partial charge in [-0.1, -0.05) is 72.2 Å². The van der Waals surface area contributed by atoms with Crippen molar-refractivity contribution in [2.24, 2.45) is 5.92 Å². The molecule has 21 heavy (non-hydrogen) atoms. The van der Waals surface area contributed by atoms with Crippen LogP contribution < -0.4 is 5.32 Å². The van der Waals surface area contributed by atoms with Crippen LogP contribution in [0.2, 0.25) is 0 Å². The molecule has 1 N–H and O–H groups in total. The van der Waals surface area contributed by atoms with Crippen LogP contribution >= 0.6 is 15.9 Å². The maximum absolute atomic E-state index is 3.60. The Morgan fingerprint density at radius 3 is 2.24 bits per heavy atom. The van der Waals surface area contributed by atoms with Crippen molar-refractivity contribution in [1.29, 1.82) is 0 Å². The standard InChI is InChI=1S/C19H24BrN/c1-14(2)12-16-8-10-17(11-9-16)15(3)21-13-18-6-4-5-7-19(18)20/h4-11,14-15,21H,12-13H2,1-3H3. The molecule has 0 radical (unpaired) electrons. The van der Waals surface area contributed by atoms with Crippen molar-refractivity contribution in [3.63, 3.8) is 0 Å². The molecule has 0 saturated carbocycles. The van der Waals surface area contributed by atoms with Crippen LogP contribution in [-0.2, 0) is 13.0 Å². The highest BCUT2D eigenvalue weighted by Crippen LogP contribution is 2.19. The number of benzene rings is 2. The average molecular weight is 346 g/mol. The first kappa shape index (κ1) is 16.3.